The lowest BCUT2D eigenvalue weighted by molar-refractivity contribution is -0.703. The number of hydrogen-bond donors (Lipinski definition) is 0. The van der Waals surface area contributed by atoms with Gasteiger partial charge in [-0.3, -0.25) is 0 Å². The molecule has 3 heteroatoms. The Bertz CT molecular complexity index is 1310. The minimum absolute atomic E-state index is 0. The van der Waals surface area contributed by atoms with E-state index in [-0.39, 0.29) is 17.0 Å². The highest BCUT2D eigenvalue weighted by molar-refractivity contribution is 5.27. The molecule has 0 spiro atoms. The first-order valence-electron chi connectivity index (χ1n) is 13.2. The zero-order valence-corrected chi connectivity index (χ0v) is 23.3. The highest BCUT2D eigenvalue weighted by atomic mass is 79.9. The molecule has 0 saturated heterocycles. The highest BCUT2D eigenvalue weighted by Gasteiger charge is 2.21. The average Bonchev–Trinajstić information content (AvgIpc) is 2.97. The van der Waals surface area contributed by atoms with E-state index in [1.807, 2.05) is 6.07 Å². The van der Waals surface area contributed by atoms with E-state index in [1.165, 1.54) is 33.6 Å². The van der Waals surface area contributed by atoms with E-state index in [0.29, 0.717) is 6.61 Å². The van der Waals surface area contributed by atoms with Crippen LogP contribution in [0.4, 0.5) is 0 Å². The van der Waals surface area contributed by atoms with Crippen molar-refractivity contribution in [3.05, 3.63) is 167 Å². The van der Waals surface area contributed by atoms with E-state index in [0.717, 1.165) is 38.0 Å². The molecular weight excluding hydrogens is 530 g/mol. The summed E-state index contributed by atoms with van der Waals surface area (Å²) < 4.78 is 8.88. The quantitative estimate of drug-likeness (QED) is 0.220. The topological polar surface area (TPSA) is 13.1 Å². The molecule has 0 atom stereocenters. The summed E-state index contributed by atoms with van der Waals surface area (Å²) >= 11 is 0. The Morgan fingerprint density at radius 2 is 0.842 bits per heavy atom. The van der Waals surface area contributed by atoms with Crippen molar-refractivity contribution in [1.82, 2.24) is 0 Å². The van der Waals surface area contributed by atoms with Crippen LogP contribution < -0.4 is 26.3 Å². The fourth-order valence-electron chi connectivity index (χ4n) is 4.75. The number of hydrogen-bond acceptors (Lipinski definition) is 1. The van der Waals surface area contributed by atoms with Crippen molar-refractivity contribution in [2.45, 2.75) is 38.8 Å². The third kappa shape index (κ3) is 7.90. The van der Waals surface area contributed by atoms with Gasteiger partial charge in [-0.05, 0) is 29.5 Å². The smallest absolute Gasteiger partial charge is 0.185 e. The molecule has 0 aliphatic rings. The Morgan fingerprint density at radius 3 is 1.29 bits per heavy atom. The fourth-order valence-corrected chi connectivity index (χ4v) is 4.75. The van der Waals surface area contributed by atoms with Crippen LogP contribution in [0.2, 0.25) is 0 Å². The molecule has 0 saturated carbocycles. The summed E-state index contributed by atoms with van der Waals surface area (Å²) in [7, 11) is 0. The molecule has 0 N–H and O–H groups in total. The number of pyridine rings is 1. The van der Waals surface area contributed by atoms with E-state index in [1.54, 1.807) is 0 Å². The largest absolute Gasteiger partial charge is 1.00 e. The first-order chi connectivity index (χ1) is 18.3. The molecule has 5 aromatic rings. The van der Waals surface area contributed by atoms with E-state index >= 15 is 0 Å². The number of aromatic nitrogens is 1. The van der Waals surface area contributed by atoms with Gasteiger partial charge in [-0.1, -0.05) is 121 Å². The Kier molecular flexibility index (Phi) is 10.3. The van der Waals surface area contributed by atoms with Crippen molar-refractivity contribution in [2.24, 2.45) is 0 Å². The summed E-state index contributed by atoms with van der Waals surface area (Å²) in [6.45, 7) is 1.42. The summed E-state index contributed by atoms with van der Waals surface area (Å²) in [6, 6.07) is 47.2. The molecule has 5 rings (SSSR count). The van der Waals surface area contributed by atoms with E-state index in [4.69, 9.17) is 4.74 Å². The van der Waals surface area contributed by atoms with Gasteiger partial charge in [0, 0.05) is 30.5 Å². The van der Waals surface area contributed by atoms with Gasteiger partial charge < -0.3 is 21.7 Å². The molecule has 0 unspecified atom stereocenters. The van der Waals surface area contributed by atoms with Crippen LogP contribution in [0.1, 0.15) is 33.6 Å². The summed E-state index contributed by atoms with van der Waals surface area (Å²) in [6.07, 6.45) is 3.90. The minimum atomic E-state index is 0. The molecule has 192 valence electrons. The molecule has 1 aromatic heterocycles. The summed E-state index contributed by atoms with van der Waals surface area (Å²) in [5, 5.41) is 0. The zero-order chi connectivity index (χ0) is 25.1. The standard InChI is InChI=1S/C35H34NO.BrH/c1-5-13-29(14-6-1)21-23-33-25-35(37-28-32-19-11-4-12-20-32)26-34(24-22-30-15-7-2-8-16-30)36(33)27-31-17-9-3-10-18-31;/h1-20,25-26H,21-24,27-28H2;1H/q+1;/p-1. The van der Waals surface area contributed by atoms with Crippen LogP contribution in [0.25, 0.3) is 0 Å². The van der Waals surface area contributed by atoms with Crippen LogP contribution in [-0.4, -0.2) is 0 Å². The number of nitrogens with zero attached hydrogens (tertiary/aromatic N) is 1. The lowest BCUT2D eigenvalue weighted by atomic mass is 10.0. The Morgan fingerprint density at radius 1 is 0.447 bits per heavy atom. The Balaban J connectivity index is 0.00000336. The first-order valence-corrected chi connectivity index (χ1v) is 13.2. The third-order valence-corrected chi connectivity index (χ3v) is 6.77. The van der Waals surface area contributed by atoms with Gasteiger partial charge in [-0.25, -0.2) is 0 Å². The highest BCUT2D eigenvalue weighted by Crippen LogP contribution is 2.19. The van der Waals surface area contributed by atoms with Crippen molar-refractivity contribution in [3.8, 4) is 5.75 Å². The van der Waals surface area contributed by atoms with E-state index in [9.17, 15) is 0 Å². The number of benzene rings is 4. The van der Waals surface area contributed by atoms with Gasteiger partial charge in [0.25, 0.3) is 0 Å². The SMILES string of the molecule is [Br-].c1ccc(CCc2cc(OCc3ccccc3)cc(CCc3ccccc3)[n+]2Cc2ccccc2)cc1. The second kappa shape index (κ2) is 14.3. The summed E-state index contributed by atoms with van der Waals surface area (Å²) in [4.78, 5) is 0. The normalized spacial score (nSPS) is 10.5. The second-order valence-corrected chi connectivity index (χ2v) is 9.49. The molecule has 4 aromatic carbocycles. The van der Waals surface area contributed by atoms with Gasteiger partial charge in [0.05, 0.1) is 0 Å². The van der Waals surface area contributed by atoms with Gasteiger partial charge in [0.1, 0.15) is 12.4 Å². The van der Waals surface area contributed by atoms with Crippen molar-refractivity contribution >= 4 is 0 Å². The summed E-state index contributed by atoms with van der Waals surface area (Å²) in [5.74, 6) is 0.944. The molecule has 0 fully saturated rings. The molecule has 0 amide bonds. The van der Waals surface area contributed by atoms with Gasteiger partial charge >= 0.3 is 0 Å². The molecule has 38 heavy (non-hydrogen) atoms. The van der Waals surface area contributed by atoms with Crippen molar-refractivity contribution in [3.63, 3.8) is 0 Å². The second-order valence-electron chi connectivity index (χ2n) is 9.49. The summed E-state index contributed by atoms with van der Waals surface area (Å²) in [5.41, 5.74) is 7.82. The Hall–Kier alpha value is -3.69. The molecule has 0 aliphatic heterocycles. The Labute approximate surface area is 237 Å². The lowest BCUT2D eigenvalue weighted by Gasteiger charge is -2.14. The number of rotatable bonds is 11. The third-order valence-electron chi connectivity index (χ3n) is 6.77. The van der Waals surface area contributed by atoms with Crippen molar-refractivity contribution in [1.29, 1.82) is 0 Å². The van der Waals surface area contributed by atoms with Gasteiger partial charge in [0.2, 0.25) is 0 Å². The molecular formula is C35H34BrNO. The number of halogens is 1. The minimum Gasteiger partial charge on any atom is -1.00 e. The van der Waals surface area contributed by atoms with Crippen LogP contribution in [0, 0.1) is 0 Å². The predicted octanol–water partition coefficient (Wildman–Crippen LogP) is 4.18. The average molecular weight is 565 g/mol. The number of ether oxygens (including phenoxy) is 1. The monoisotopic (exact) mass is 563 g/mol. The van der Waals surface area contributed by atoms with Crippen molar-refractivity contribution < 1.29 is 26.3 Å². The maximum atomic E-state index is 6.37. The molecule has 2 nitrogen and oxygen atoms in total. The van der Waals surface area contributed by atoms with Crippen LogP contribution in [0.5, 0.6) is 5.75 Å². The molecule has 0 aliphatic carbocycles. The molecule has 0 bridgehead atoms. The molecule has 0 radical (unpaired) electrons. The lowest BCUT2D eigenvalue weighted by Crippen LogP contribution is -3.00. The fraction of sp³-hybridized carbons (Fsp3) is 0.171. The predicted molar refractivity (Wildman–Crippen MR) is 151 cm³/mol. The van der Waals surface area contributed by atoms with Gasteiger partial charge in [-0.2, -0.15) is 4.57 Å². The van der Waals surface area contributed by atoms with Crippen LogP contribution in [0.15, 0.2) is 133 Å². The van der Waals surface area contributed by atoms with Gasteiger partial charge in [-0.15, -0.1) is 0 Å². The van der Waals surface area contributed by atoms with E-state index < -0.39 is 0 Å². The number of aryl methyl sites for hydroxylation is 4. The van der Waals surface area contributed by atoms with Gasteiger partial charge in [0.15, 0.2) is 17.9 Å². The molecule has 1 heterocycles. The zero-order valence-electron chi connectivity index (χ0n) is 21.7. The van der Waals surface area contributed by atoms with Crippen LogP contribution in [0.3, 0.4) is 0 Å². The van der Waals surface area contributed by atoms with E-state index in [2.05, 4.69) is 132 Å². The maximum absolute atomic E-state index is 6.37. The maximum Gasteiger partial charge on any atom is 0.185 e. The van der Waals surface area contributed by atoms with Crippen LogP contribution >= 0.6 is 0 Å². The van der Waals surface area contributed by atoms with Crippen molar-refractivity contribution in [2.75, 3.05) is 0 Å². The first kappa shape index (κ1) is 27.3. The van der Waals surface area contributed by atoms with Crippen LogP contribution in [-0.2, 0) is 38.8 Å².